The predicted molar refractivity (Wildman–Crippen MR) is 82.7 cm³/mol. The SMILES string of the molecule is CC(O)CCCNCC(O)c1ccc2ccccc2c1. The third-order valence-corrected chi connectivity index (χ3v) is 3.47. The highest BCUT2D eigenvalue weighted by Crippen LogP contribution is 2.20. The van der Waals surface area contributed by atoms with Crippen LogP contribution in [0.3, 0.4) is 0 Å². The summed E-state index contributed by atoms with van der Waals surface area (Å²) in [5.74, 6) is 0. The Labute approximate surface area is 120 Å². The molecule has 0 aliphatic carbocycles. The van der Waals surface area contributed by atoms with E-state index in [0.29, 0.717) is 6.54 Å². The van der Waals surface area contributed by atoms with Gasteiger partial charge in [0.2, 0.25) is 0 Å². The lowest BCUT2D eigenvalue weighted by Gasteiger charge is -2.13. The third kappa shape index (κ3) is 4.30. The maximum Gasteiger partial charge on any atom is 0.0914 e. The first-order chi connectivity index (χ1) is 9.66. The van der Waals surface area contributed by atoms with Crippen LogP contribution in [0.5, 0.6) is 0 Å². The highest BCUT2D eigenvalue weighted by molar-refractivity contribution is 5.83. The minimum Gasteiger partial charge on any atom is -0.393 e. The van der Waals surface area contributed by atoms with Crippen LogP contribution < -0.4 is 5.32 Å². The molecule has 0 saturated carbocycles. The summed E-state index contributed by atoms with van der Waals surface area (Å²) in [6.45, 7) is 3.15. The van der Waals surface area contributed by atoms with Crippen molar-refractivity contribution in [2.75, 3.05) is 13.1 Å². The standard InChI is InChI=1S/C17H23NO2/c1-13(19)5-4-10-18-12-17(20)16-9-8-14-6-2-3-7-15(14)11-16/h2-3,6-9,11,13,17-20H,4-5,10,12H2,1H3. The van der Waals surface area contributed by atoms with Gasteiger partial charge >= 0.3 is 0 Å². The Morgan fingerprint density at radius 1 is 1.05 bits per heavy atom. The first-order valence-electron chi connectivity index (χ1n) is 7.22. The second kappa shape index (κ2) is 7.39. The number of fused-ring (bicyclic) bond motifs is 1. The quantitative estimate of drug-likeness (QED) is 0.680. The Bertz CT molecular complexity index is 539. The van der Waals surface area contributed by atoms with Gasteiger partial charge in [0, 0.05) is 6.54 Å². The van der Waals surface area contributed by atoms with Crippen molar-refractivity contribution in [3.63, 3.8) is 0 Å². The molecule has 0 fully saturated rings. The smallest absolute Gasteiger partial charge is 0.0914 e. The number of hydrogen-bond acceptors (Lipinski definition) is 3. The molecule has 2 aromatic carbocycles. The first-order valence-corrected chi connectivity index (χ1v) is 7.22. The van der Waals surface area contributed by atoms with E-state index in [9.17, 15) is 5.11 Å². The lowest BCUT2D eigenvalue weighted by molar-refractivity contribution is 0.169. The van der Waals surface area contributed by atoms with E-state index in [1.54, 1.807) is 6.92 Å². The number of hydrogen-bond donors (Lipinski definition) is 3. The van der Waals surface area contributed by atoms with Gasteiger partial charge in [-0.15, -0.1) is 0 Å². The number of rotatable bonds is 7. The van der Waals surface area contributed by atoms with Crippen molar-refractivity contribution in [1.29, 1.82) is 0 Å². The summed E-state index contributed by atoms with van der Waals surface area (Å²) >= 11 is 0. The van der Waals surface area contributed by atoms with Crippen molar-refractivity contribution in [2.24, 2.45) is 0 Å². The molecule has 0 aliphatic rings. The molecule has 0 radical (unpaired) electrons. The van der Waals surface area contributed by atoms with Gasteiger partial charge in [0.25, 0.3) is 0 Å². The Morgan fingerprint density at radius 3 is 2.55 bits per heavy atom. The van der Waals surface area contributed by atoms with Crippen molar-refractivity contribution in [3.05, 3.63) is 48.0 Å². The average molecular weight is 273 g/mol. The number of nitrogens with one attached hydrogen (secondary N) is 1. The van der Waals surface area contributed by atoms with Crippen LogP contribution in [0.15, 0.2) is 42.5 Å². The second-order valence-electron chi connectivity index (χ2n) is 5.32. The Hall–Kier alpha value is -1.42. The van der Waals surface area contributed by atoms with E-state index in [2.05, 4.69) is 17.4 Å². The summed E-state index contributed by atoms with van der Waals surface area (Å²) in [7, 11) is 0. The molecular formula is C17H23NO2. The molecule has 0 bridgehead atoms. The largest absolute Gasteiger partial charge is 0.393 e. The zero-order chi connectivity index (χ0) is 14.4. The van der Waals surface area contributed by atoms with E-state index < -0.39 is 6.10 Å². The molecule has 2 unspecified atom stereocenters. The van der Waals surface area contributed by atoms with Gasteiger partial charge in [-0.1, -0.05) is 36.4 Å². The van der Waals surface area contributed by atoms with Gasteiger partial charge in [-0.2, -0.15) is 0 Å². The van der Waals surface area contributed by atoms with Gasteiger partial charge in [-0.3, -0.25) is 0 Å². The molecule has 0 heterocycles. The van der Waals surface area contributed by atoms with Crippen molar-refractivity contribution in [3.8, 4) is 0 Å². The van der Waals surface area contributed by atoms with Crippen LogP contribution in [0.4, 0.5) is 0 Å². The fourth-order valence-electron chi connectivity index (χ4n) is 2.29. The topological polar surface area (TPSA) is 52.5 Å². The molecule has 3 nitrogen and oxygen atoms in total. The van der Waals surface area contributed by atoms with Crippen LogP contribution in [0, 0.1) is 0 Å². The molecule has 2 atom stereocenters. The maximum absolute atomic E-state index is 10.2. The number of aliphatic hydroxyl groups excluding tert-OH is 2. The lowest BCUT2D eigenvalue weighted by atomic mass is 10.0. The lowest BCUT2D eigenvalue weighted by Crippen LogP contribution is -2.23. The molecule has 2 rings (SSSR count). The highest BCUT2D eigenvalue weighted by atomic mass is 16.3. The Morgan fingerprint density at radius 2 is 1.80 bits per heavy atom. The van der Waals surface area contributed by atoms with Crippen LogP contribution >= 0.6 is 0 Å². The molecule has 3 N–H and O–H groups in total. The molecule has 0 saturated heterocycles. The van der Waals surface area contributed by atoms with Crippen LogP contribution in [-0.4, -0.2) is 29.4 Å². The van der Waals surface area contributed by atoms with E-state index in [1.807, 2.05) is 30.3 Å². The summed E-state index contributed by atoms with van der Waals surface area (Å²) in [5.41, 5.74) is 0.937. The van der Waals surface area contributed by atoms with Gasteiger partial charge < -0.3 is 15.5 Å². The maximum atomic E-state index is 10.2. The van der Waals surface area contributed by atoms with Gasteiger partial charge in [-0.25, -0.2) is 0 Å². The van der Waals surface area contributed by atoms with Crippen LogP contribution in [-0.2, 0) is 0 Å². The number of aliphatic hydroxyl groups is 2. The van der Waals surface area contributed by atoms with Crippen LogP contribution in [0.2, 0.25) is 0 Å². The Balaban J connectivity index is 1.86. The molecule has 0 amide bonds. The molecule has 3 heteroatoms. The van der Waals surface area contributed by atoms with Gasteiger partial charge in [0.05, 0.1) is 12.2 Å². The molecule has 20 heavy (non-hydrogen) atoms. The van der Waals surface area contributed by atoms with Crippen LogP contribution in [0.1, 0.15) is 31.4 Å². The van der Waals surface area contributed by atoms with E-state index in [0.717, 1.165) is 30.3 Å². The van der Waals surface area contributed by atoms with E-state index in [4.69, 9.17) is 5.11 Å². The second-order valence-corrected chi connectivity index (χ2v) is 5.32. The fraction of sp³-hybridized carbons (Fsp3) is 0.412. The molecule has 0 aromatic heterocycles. The summed E-state index contributed by atoms with van der Waals surface area (Å²) in [6.07, 6.45) is 0.967. The fourth-order valence-corrected chi connectivity index (χ4v) is 2.29. The highest BCUT2D eigenvalue weighted by Gasteiger charge is 2.07. The first kappa shape index (κ1) is 15.0. The normalized spacial score (nSPS) is 14.3. The zero-order valence-corrected chi connectivity index (χ0v) is 11.9. The van der Waals surface area contributed by atoms with Crippen molar-refractivity contribution in [1.82, 2.24) is 5.32 Å². The molecule has 0 spiro atoms. The summed E-state index contributed by atoms with van der Waals surface area (Å²) in [6, 6.07) is 14.2. The van der Waals surface area contributed by atoms with Gasteiger partial charge in [0.1, 0.15) is 0 Å². The summed E-state index contributed by atoms with van der Waals surface area (Å²) in [4.78, 5) is 0. The molecular weight excluding hydrogens is 250 g/mol. The van der Waals surface area contributed by atoms with E-state index in [-0.39, 0.29) is 6.10 Å². The van der Waals surface area contributed by atoms with Crippen molar-refractivity contribution >= 4 is 10.8 Å². The van der Waals surface area contributed by atoms with Gasteiger partial charge in [0.15, 0.2) is 0 Å². The van der Waals surface area contributed by atoms with E-state index in [1.165, 1.54) is 5.39 Å². The van der Waals surface area contributed by atoms with Gasteiger partial charge in [-0.05, 0) is 48.7 Å². The van der Waals surface area contributed by atoms with E-state index >= 15 is 0 Å². The number of benzene rings is 2. The molecule has 108 valence electrons. The van der Waals surface area contributed by atoms with Crippen molar-refractivity contribution in [2.45, 2.75) is 32.0 Å². The minimum absolute atomic E-state index is 0.248. The van der Waals surface area contributed by atoms with Crippen molar-refractivity contribution < 1.29 is 10.2 Å². The molecule has 0 aliphatic heterocycles. The Kier molecular flexibility index (Phi) is 5.53. The zero-order valence-electron chi connectivity index (χ0n) is 11.9. The molecule has 2 aromatic rings. The minimum atomic E-state index is -0.494. The average Bonchev–Trinajstić information content (AvgIpc) is 2.46. The third-order valence-electron chi connectivity index (χ3n) is 3.47. The predicted octanol–water partition coefficient (Wildman–Crippen LogP) is 2.62. The summed E-state index contributed by atoms with van der Waals surface area (Å²) in [5, 5.41) is 24.9. The monoisotopic (exact) mass is 273 g/mol. The summed E-state index contributed by atoms with van der Waals surface area (Å²) < 4.78 is 0. The van der Waals surface area contributed by atoms with Crippen LogP contribution in [0.25, 0.3) is 10.8 Å².